The van der Waals surface area contributed by atoms with Gasteiger partial charge in [-0.05, 0) is 30.5 Å². The zero-order chi connectivity index (χ0) is 18.0. The quantitative estimate of drug-likeness (QED) is 0.865. The number of likely N-dealkylation sites (tertiary alicyclic amines) is 1. The minimum absolute atomic E-state index is 0.0280. The fourth-order valence-corrected chi connectivity index (χ4v) is 3.26. The van der Waals surface area contributed by atoms with Gasteiger partial charge in [-0.1, -0.05) is 19.9 Å². The summed E-state index contributed by atoms with van der Waals surface area (Å²) in [4.78, 5) is 25.3. The maximum Gasteiger partial charge on any atom is 0.314 e. The Hall–Kier alpha value is -2.44. The summed E-state index contributed by atoms with van der Waals surface area (Å²) in [7, 11) is 0. The van der Waals surface area contributed by atoms with Gasteiger partial charge in [0.1, 0.15) is 0 Å². The molecule has 3 N–H and O–H groups in total. The second-order valence-electron chi connectivity index (χ2n) is 7.29. The molecule has 1 saturated heterocycles. The van der Waals surface area contributed by atoms with E-state index in [1.165, 1.54) is 4.90 Å². The summed E-state index contributed by atoms with van der Waals surface area (Å²) < 4.78 is 10.8. The number of fused-ring (bicyclic) bond motifs is 1. The number of urea groups is 1. The van der Waals surface area contributed by atoms with Crippen LogP contribution >= 0.6 is 0 Å². The molecule has 1 aromatic rings. The number of ether oxygens (including phenoxy) is 2. The molecule has 1 atom stereocenters. The highest BCUT2D eigenvalue weighted by Gasteiger charge is 2.30. The molecular weight excluding hydrogens is 322 g/mol. The van der Waals surface area contributed by atoms with Crippen LogP contribution in [0.15, 0.2) is 18.2 Å². The van der Waals surface area contributed by atoms with Crippen molar-refractivity contribution in [3.05, 3.63) is 23.8 Å². The van der Waals surface area contributed by atoms with Gasteiger partial charge in [-0.3, -0.25) is 4.79 Å². The summed E-state index contributed by atoms with van der Waals surface area (Å²) in [6.07, 6.45) is 1.58. The van der Waals surface area contributed by atoms with Crippen molar-refractivity contribution in [2.45, 2.75) is 32.1 Å². The minimum atomic E-state index is -0.460. The average molecular weight is 347 g/mol. The number of primary amides is 1. The van der Waals surface area contributed by atoms with E-state index in [-0.39, 0.29) is 24.0 Å². The van der Waals surface area contributed by atoms with Crippen LogP contribution in [0.4, 0.5) is 4.79 Å². The molecule has 0 aromatic heterocycles. The number of amides is 3. The lowest BCUT2D eigenvalue weighted by Crippen LogP contribution is -2.48. The molecule has 0 aliphatic carbocycles. The highest BCUT2D eigenvalue weighted by Crippen LogP contribution is 2.36. The molecule has 2 heterocycles. The van der Waals surface area contributed by atoms with Crippen molar-refractivity contribution < 1.29 is 19.1 Å². The number of piperidine rings is 1. The van der Waals surface area contributed by atoms with E-state index in [2.05, 4.69) is 19.2 Å². The fraction of sp³-hybridized carbons (Fsp3) is 0.556. The first-order valence-electron chi connectivity index (χ1n) is 8.59. The van der Waals surface area contributed by atoms with E-state index in [9.17, 15) is 9.59 Å². The summed E-state index contributed by atoms with van der Waals surface area (Å²) >= 11 is 0. The number of benzene rings is 1. The molecule has 7 nitrogen and oxygen atoms in total. The number of carbonyl (C=O) groups is 2. The standard InChI is InChI=1S/C18H25N3O4/c1-18(2,13-5-6-14-15(8-13)25-11-24-14)10-20-16(22)12-4-3-7-21(9-12)17(19)23/h5-6,8,12H,3-4,7,9-11H2,1-2H3,(H2,19,23)(H,20,22)/t12-/m0/s1. The molecule has 2 aliphatic heterocycles. The number of hydrogen-bond donors (Lipinski definition) is 2. The Balaban J connectivity index is 1.60. The number of hydrogen-bond acceptors (Lipinski definition) is 4. The van der Waals surface area contributed by atoms with Gasteiger partial charge in [0.2, 0.25) is 12.7 Å². The van der Waals surface area contributed by atoms with E-state index < -0.39 is 6.03 Å². The van der Waals surface area contributed by atoms with Gasteiger partial charge in [0.25, 0.3) is 0 Å². The Bertz CT molecular complexity index is 674. The van der Waals surface area contributed by atoms with Crippen molar-refractivity contribution in [2.24, 2.45) is 11.7 Å². The predicted octanol–water partition coefficient (Wildman–Crippen LogP) is 1.60. The zero-order valence-corrected chi connectivity index (χ0v) is 14.7. The molecule has 0 bridgehead atoms. The molecular formula is C18H25N3O4. The number of rotatable bonds is 4. The van der Waals surface area contributed by atoms with Gasteiger partial charge in [-0.15, -0.1) is 0 Å². The van der Waals surface area contributed by atoms with Crippen LogP contribution in [0.3, 0.4) is 0 Å². The van der Waals surface area contributed by atoms with Crippen LogP contribution in [0.25, 0.3) is 0 Å². The molecule has 3 amide bonds. The topological polar surface area (TPSA) is 93.9 Å². The van der Waals surface area contributed by atoms with Crippen LogP contribution in [-0.2, 0) is 10.2 Å². The summed E-state index contributed by atoms with van der Waals surface area (Å²) in [5.74, 6) is 1.26. The molecule has 0 spiro atoms. The van der Waals surface area contributed by atoms with Crippen molar-refractivity contribution in [3.8, 4) is 11.5 Å². The van der Waals surface area contributed by atoms with Crippen LogP contribution < -0.4 is 20.5 Å². The number of nitrogens with one attached hydrogen (secondary N) is 1. The van der Waals surface area contributed by atoms with E-state index in [4.69, 9.17) is 15.2 Å². The summed E-state index contributed by atoms with van der Waals surface area (Å²) in [6, 6.07) is 5.39. The molecule has 3 rings (SSSR count). The lowest BCUT2D eigenvalue weighted by atomic mass is 9.84. The zero-order valence-electron chi connectivity index (χ0n) is 14.7. The maximum atomic E-state index is 12.5. The Labute approximate surface area is 147 Å². The lowest BCUT2D eigenvalue weighted by molar-refractivity contribution is -0.126. The third kappa shape index (κ3) is 3.81. The van der Waals surface area contributed by atoms with Gasteiger partial charge in [-0.2, -0.15) is 0 Å². The monoisotopic (exact) mass is 347 g/mol. The van der Waals surface area contributed by atoms with Gasteiger partial charge < -0.3 is 25.4 Å². The number of carbonyl (C=O) groups excluding carboxylic acids is 2. The first-order valence-corrected chi connectivity index (χ1v) is 8.59. The van der Waals surface area contributed by atoms with E-state index in [0.29, 0.717) is 19.6 Å². The largest absolute Gasteiger partial charge is 0.454 e. The summed E-state index contributed by atoms with van der Waals surface area (Å²) in [5.41, 5.74) is 6.14. The highest BCUT2D eigenvalue weighted by atomic mass is 16.7. The molecule has 25 heavy (non-hydrogen) atoms. The summed E-state index contributed by atoms with van der Waals surface area (Å²) in [5, 5.41) is 3.03. The van der Waals surface area contributed by atoms with Crippen molar-refractivity contribution >= 4 is 11.9 Å². The Morgan fingerprint density at radius 2 is 2.08 bits per heavy atom. The Morgan fingerprint density at radius 3 is 2.84 bits per heavy atom. The van der Waals surface area contributed by atoms with Crippen molar-refractivity contribution in [1.29, 1.82) is 0 Å². The Morgan fingerprint density at radius 1 is 1.32 bits per heavy atom. The SMILES string of the molecule is CC(C)(CNC(=O)[C@H]1CCCN(C(N)=O)C1)c1ccc2c(c1)OCO2. The second-order valence-corrected chi connectivity index (χ2v) is 7.29. The van der Waals surface area contributed by atoms with E-state index >= 15 is 0 Å². The van der Waals surface area contributed by atoms with Crippen LogP contribution in [0.2, 0.25) is 0 Å². The van der Waals surface area contributed by atoms with E-state index in [1.807, 2.05) is 18.2 Å². The third-order valence-electron chi connectivity index (χ3n) is 4.96. The first kappa shape index (κ1) is 17.4. The van der Waals surface area contributed by atoms with Crippen LogP contribution in [0.1, 0.15) is 32.3 Å². The van der Waals surface area contributed by atoms with Crippen LogP contribution in [-0.4, -0.2) is 43.3 Å². The van der Waals surface area contributed by atoms with E-state index in [1.54, 1.807) is 0 Å². The van der Waals surface area contributed by atoms with Gasteiger partial charge in [0, 0.05) is 25.0 Å². The van der Waals surface area contributed by atoms with Crippen molar-refractivity contribution in [2.75, 3.05) is 26.4 Å². The van der Waals surface area contributed by atoms with Crippen molar-refractivity contribution in [3.63, 3.8) is 0 Å². The fourth-order valence-electron chi connectivity index (χ4n) is 3.26. The first-order chi connectivity index (χ1) is 11.9. The Kier molecular flexibility index (Phi) is 4.74. The smallest absolute Gasteiger partial charge is 0.314 e. The molecule has 0 radical (unpaired) electrons. The molecule has 0 unspecified atom stereocenters. The molecule has 0 saturated carbocycles. The maximum absolute atomic E-state index is 12.5. The average Bonchev–Trinajstić information content (AvgIpc) is 3.07. The second kappa shape index (κ2) is 6.82. The van der Waals surface area contributed by atoms with E-state index in [0.717, 1.165) is 29.9 Å². The normalized spacial score (nSPS) is 19.6. The lowest BCUT2D eigenvalue weighted by Gasteiger charge is -2.32. The number of nitrogens with zero attached hydrogens (tertiary/aromatic N) is 1. The van der Waals surface area contributed by atoms with Crippen LogP contribution in [0.5, 0.6) is 11.5 Å². The number of nitrogens with two attached hydrogens (primary N) is 1. The van der Waals surface area contributed by atoms with Crippen LogP contribution in [0, 0.1) is 5.92 Å². The molecule has 7 heteroatoms. The predicted molar refractivity (Wildman–Crippen MR) is 92.5 cm³/mol. The minimum Gasteiger partial charge on any atom is -0.454 e. The molecule has 1 fully saturated rings. The molecule has 136 valence electrons. The van der Waals surface area contributed by atoms with Gasteiger partial charge in [0.05, 0.1) is 5.92 Å². The molecule has 1 aromatic carbocycles. The van der Waals surface area contributed by atoms with Gasteiger partial charge in [0.15, 0.2) is 11.5 Å². The van der Waals surface area contributed by atoms with Crippen molar-refractivity contribution in [1.82, 2.24) is 10.2 Å². The molecule has 2 aliphatic rings. The summed E-state index contributed by atoms with van der Waals surface area (Å²) in [6.45, 7) is 5.91. The third-order valence-corrected chi connectivity index (χ3v) is 4.96. The van der Waals surface area contributed by atoms with Gasteiger partial charge >= 0.3 is 6.03 Å². The highest BCUT2D eigenvalue weighted by molar-refractivity contribution is 5.80. The van der Waals surface area contributed by atoms with Gasteiger partial charge in [-0.25, -0.2) is 4.79 Å².